The van der Waals surface area contributed by atoms with Gasteiger partial charge in [0.2, 0.25) is 0 Å². The summed E-state index contributed by atoms with van der Waals surface area (Å²) in [7, 11) is 0. The van der Waals surface area contributed by atoms with E-state index >= 15 is 0 Å². The highest BCUT2D eigenvalue weighted by Gasteiger charge is 2.32. The second-order valence-corrected chi connectivity index (χ2v) is 5.09. The third-order valence-corrected chi connectivity index (χ3v) is 3.01. The number of nitrogens with zero attached hydrogens (tertiary/aromatic N) is 1. The van der Waals surface area contributed by atoms with E-state index in [4.69, 9.17) is 9.47 Å². The Hall–Kier alpha value is -1.66. The first-order chi connectivity index (χ1) is 8.87. The molecule has 19 heavy (non-hydrogen) atoms. The number of anilines is 1. The molecule has 0 amide bonds. The van der Waals surface area contributed by atoms with Gasteiger partial charge in [-0.25, -0.2) is 0 Å². The van der Waals surface area contributed by atoms with Gasteiger partial charge >= 0.3 is 0 Å². The summed E-state index contributed by atoms with van der Waals surface area (Å²) in [6.07, 6.45) is -0.0460. The summed E-state index contributed by atoms with van der Waals surface area (Å²) in [4.78, 5) is 10.5. The van der Waals surface area contributed by atoms with Crippen LogP contribution in [0.25, 0.3) is 0 Å². The van der Waals surface area contributed by atoms with Crippen molar-refractivity contribution in [2.24, 2.45) is 0 Å². The second-order valence-electron chi connectivity index (χ2n) is 5.09. The van der Waals surface area contributed by atoms with E-state index in [-0.39, 0.29) is 16.7 Å². The van der Waals surface area contributed by atoms with E-state index in [1.807, 2.05) is 19.9 Å². The third-order valence-electron chi connectivity index (χ3n) is 3.01. The molecule has 0 aliphatic carbocycles. The molecule has 1 aliphatic heterocycles. The summed E-state index contributed by atoms with van der Waals surface area (Å²) in [6, 6.07) is 5.09. The van der Waals surface area contributed by atoms with Crippen molar-refractivity contribution in [2.75, 3.05) is 18.5 Å². The van der Waals surface area contributed by atoms with Crippen LogP contribution in [0.1, 0.15) is 19.4 Å². The van der Waals surface area contributed by atoms with E-state index in [9.17, 15) is 10.1 Å². The molecule has 6 heteroatoms. The van der Waals surface area contributed by atoms with E-state index in [0.717, 1.165) is 0 Å². The zero-order chi connectivity index (χ0) is 14.0. The van der Waals surface area contributed by atoms with Crippen molar-refractivity contribution in [3.05, 3.63) is 33.9 Å². The molecule has 1 fully saturated rings. The van der Waals surface area contributed by atoms with Crippen LogP contribution in [-0.4, -0.2) is 30.0 Å². The molecule has 1 N–H and O–H groups in total. The predicted molar refractivity (Wildman–Crippen MR) is 71.2 cm³/mol. The van der Waals surface area contributed by atoms with Gasteiger partial charge in [-0.2, -0.15) is 0 Å². The van der Waals surface area contributed by atoms with Crippen molar-refractivity contribution in [2.45, 2.75) is 32.7 Å². The minimum Gasteiger partial charge on any atom is -0.382 e. The first-order valence-electron chi connectivity index (χ1n) is 6.18. The summed E-state index contributed by atoms with van der Waals surface area (Å²) in [5.41, 5.74) is 1.48. The smallest absolute Gasteiger partial charge is 0.274 e. The lowest BCUT2D eigenvalue weighted by Gasteiger charge is -2.17. The minimum absolute atomic E-state index is 0.0460. The number of hydrogen-bond donors (Lipinski definition) is 1. The molecule has 0 bridgehead atoms. The van der Waals surface area contributed by atoms with Crippen molar-refractivity contribution >= 4 is 11.4 Å². The van der Waals surface area contributed by atoms with Gasteiger partial charge in [-0.3, -0.25) is 10.1 Å². The fraction of sp³-hybridized carbons (Fsp3) is 0.538. The Bertz CT molecular complexity index is 488. The molecule has 1 aliphatic rings. The number of ether oxygens (including phenoxy) is 2. The lowest BCUT2D eigenvalue weighted by Crippen LogP contribution is -2.26. The fourth-order valence-electron chi connectivity index (χ4n) is 2.01. The van der Waals surface area contributed by atoms with Crippen LogP contribution in [-0.2, 0) is 9.47 Å². The fourth-order valence-corrected chi connectivity index (χ4v) is 2.01. The largest absolute Gasteiger partial charge is 0.382 e. The average molecular weight is 266 g/mol. The van der Waals surface area contributed by atoms with Gasteiger partial charge < -0.3 is 14.8 Å². The topological polar surface area (TPSA) is 73.6 Å². The highest BCUT2D eigenvalue weighted by molar-refractivity contribution is 5.54. The highest BCUT2D eigenvalue weighted by atomic mass is 16.7. The van der Waals surface area contributed by atoms with Gasteiger partial charge in [-0.1, -0.05) is 6.07 Å². The molecule has 2 rings (SSSR count). The molecular formula is C13H18N2O4. The molecule has 0 spiro atoms. The Balaban J connectivity index is 1.97. The van der Waals surface area contributed by atoms with Gasteiger partial charge in [0, 0.05) is 23.9 Å². The Morgan fingerprint density at radius 3 is 2.84 bits per heavy atom. The van der Waals surface area contributed by atoms with E-state index in [1.54, 1.807) is 13.0 Å². The summed E-state index contributed by atoms with van der Waals surface area (Å²) >= 11 is 0. The lowest BCUT2D eigenvalue weighted by molar-refractivity contribution is -0.385. The van der Waals surface area contributed by atoms with E-state index in [2.05, 4.69) is 5.32 Å². The molecule has 1 aromatic rings. The van der Waals surface area contributed by atoms with Gasteiger partial charge in [-0.15, -0.1) is 0 Å². The first-order valence-corrected chi connectivity index (χ1v) is 6.18. The SMILES string of the molecule is Cc1ccc(NCC2COC(C)(C)O2)cc1[N+](=O)[O-]. The Morgan fingerprint density at radius 1 is 1.53 bits per heavy atom. The van der Waals surface area contributed by atoms with Gasteiger partial charge in [0.05, 0.1) is 11.5 Å². The maximum atomic E-state index is 10.9. The van der Waals surface area contributed by atoms with Gasteiger partial charge in [0.1, 0.15) is 6.10 Å². The summed E-state index contributed by atoms with van der Waals surface area (Å²) < 4.78 is 11.1. The predicted octanol–water partition coefficient (Wildman–Crippen LogP) is 2.47. The number of nitrogens with one attached hydrogen (secondary N) is 1. The molecule has 104 valence electrons. The maximum Gasteiger partial charge on any atom is 0.274 e. The Kier molecular flexibility index (Phi) is 3.73. The maximum absolute atomic E-state index is 10.9. The Labute approximate surface area is 111 Å². The molecular weight excluding hydrogens is 248 g/mol. The van der Waals surface area contributed by atoms with Crippen LogP contribution in [0.2, 0.25) is 0 Å². The lowest BCUT2D eigenvalue weighted by atomic mass is 10.2. The quantitative estimate of drug-likeness (QED) is 0.669. The molecule has 0 saturated carbocycles. The van der Waals surface area contributed by atoms with Gasteiger partial charge in [0.25, 0.3) is 5.69 Å². The Morgan fingerprint density at radius 2 is 2.26 bits per heavy atom. The first kappa shape index (κ1) is 13.8. The molecule has 0 aromatic heterocycles. The monoisotopic (exact) mass is 266 g/mol. The number of rotatable bonds is 4. The summed E-state index contributed by atoms with van der Waals surface area (Å²) in [5.74, 6) is -0.550. The van der Waals surface area contributed by atoms with Crippen molar-refractivity contribution < 1.29 is 14.4 Å². The second kappa shape index (κ2) is 5.14. The van der Waals surface area contributed by atoms with Crippen LogP contribution in [0.4, 0.5) is 11.4 Å². The minimum atomic E-state index is -0.550. The molecule has 1 atom stereocenters. The number of hydrogen-bond acceptors (Lipinski definition) is 5. The number of benzene rings is 1. The summed E-state index contributed by atoms with van der Waals surface area (Å²) in [6.45, 7) is 6.53. The third kappa shape index (κ3) is 3.42. The van der Waals surface area contributed by atoms with Crippen molar-refractivity contribution in [1.82, 2.24) is 0 Å². The zero-order valence-corrected chi connectivity index (χ0v) is 11.3. The van der Waals surface area contributed by atoms with Crippen LogP contribution < -0.4 is 5.32 Å². The molecule has 0 radical (unpaired) electrons. The van der Waals surface area contributed by atoms with Gasteiger partial charge in [-0.05, 0) is 26.8 Å². The molecule has 1 saturated heterocycles. The van der Waals surface area contributed by atoms with Crippen molar-refractivity contribution in [3.8, 4) is 0 Å². The van der Waals surface area contributed by atoms with Crippen molar-refractivity contribution in [3.63, 3.8) is 0 Å². The number of nitro groups is 1. The molecule has 6 nitrogen and oxygen atoms in total. The zero-order valence-electron chi connectivity index (χ0n) is 11.3. The van der Waals surface area contributed by atoms with Crippen LogP contribution >= 0.6 is 0 Å². The van der Waals surface area contributed by atoms with Crippen LogP contribution in [0.3, 0.4) is 0 Å². The van der Waals surface area contributed by atoms with Crippen LogP contribution in [0, 0.1) is 17.0 Å². The standard InChI is InChI=1S/C13H18N2O4/c1-9-4-5-10(6-12(9)15(16)17)14-7-11-8-18-13(2,3)19-11/h4-6,11,14H,7-8H2,1-3H3. The van der Waals surface area contributed by atoms with E-state index in [1.165, 1.54) is 6.07 Å². The van der Waals surface area contributed by atoms with Crippen LogP contribution in [0.15, 0.2) is 18.2 Å². The normalized spacial score (nSPS) is 21.3. The van der Waals surface area contributed by atoms with Crippen molar-refractivity contribution in [1.29, 1.82) is 0 Å². The summed E-state index contributed by atoms with van der Waals surface area (Å²) in [5, 5.41) is 14.0. The molecule has 1 heterocycles. The molecule has 1 aromatic carbocycles. The van der Waals surface area contributed by atoms with Gasteiger partial charge in [0.15, 0.2) is 5.79 Å². The van der Waals surface area contributed by atoms with E-state index < -0.39 is 5.79 Å². The number of nitro benzene ring substituents is 1. The highest BCUT2D eigenvalue weighted by Crippen LogP contribution is 2.24. The average Bonchev–Trinajstić information content (AvgIpc) is 2.67. The number of aryl methyl sites for hydroxylation is 1. The van der Waals surface area contributed by atoms with E-state index in [0.29, 0.717) is 24.4 Å². The molecule has 1 unspecified atom stereocenters. The van der Waals surface area contributed by atoms with Crippen LogP contribution in [0.5, 0.6) is 0 Å².